The Balaban J connectivity index is 1.42. The lowest BCUT2D eigenvalue weighted by molar-refractivity contribution is 0.00557. The number of H-pyrrole nitrogens is 1. The predicted octanol–water partition coefficient (Wildman–Crippen LogP) is 1.92. The van der Waals surface area contributed by atoms with E-state index in [0.717, 1.165) is 49.8 Å². The van der Waals surface area contributed by atoms with E-state index in [1.807, 2.05) is 6.07 Å². The van der Waals surface area contributed by atoms with Gasteiger partial charge in [0.15, 0.2) is 11.6 Å². The largest absolute Gasteiger partial charge is 0.485 e. The quantitative estimate of drug-likeness (QED) is 0.746. The van der Waals surface area contributed by atoms with Gasteiger partial charge in [-0.15, -0.1) is 0 Å². The molecule has 3 aromatic rings. The van der Waals surface area contributed by atoms with Gasteiger partial charge in [-0.2, -0.15) is 0 Å². The third-order valence-electron chi connectivity index (χ3n) is 5.12. The van der Waals surface area contributed by atoms with Crippen molar-refractivity contribution >= 4 is 22.5 Å². The monoisotopic (exact) mass is 351 g/mol. The van der Waals surface area contributed by atoms with Crippen molar-refractivity contribution in [1.29, 1.82) is 0 Å². The summed E-state index contributed by atoms with van der Waals surface area (Å²) in [7, 11) is 0. The molecular formula is C19H21N5O2. The second-order valence-electron chi connectivity index (χ2n) is 6.77. The van der Waals surface area contributed by atoms with E-state index in [9.17, 15) is 0 Å². The zero-order valence-corrected chi connectivity index (χ0v) is 14.4. The third kappa shape index (κ3) is 2.55. The zero-order chi connectivity index (χ0) is 17.5. The molecule has 26 heavy (non-hydrogen) atoms. The fourth-order valence-corrected chi connectivity index (χ4v) is 3.64. The fraction of sp³-hybridized carbons (Fsp3) is 0.368. The lowest BCUT2D eigenvalue weighted by atomic mass is 10.1. The molecule has 0 bridgehead atoms. The summed E-state index contributed by atoms with van der Waals surface area (Å²) in [6.07, 6.45) is 3.65. The zero-order valence-electron chi connectivity index (χ0n) is 14.4. The molecule has 134 valence electrons. The number of nitrogens with one attached hydrogen (secondary N) is 1. The average Bonchev–Trinajstić information content (AvgIpc) is 3.02. The number of fused-ring (bicyclic) bond motifs is 2. The van der Waals surface area contributed by atoms with E-state index in [4.69, 9.17) is 20.2 Å². The maximum absolute atomic E-state index is 6.16. The molecule has 0 spiro atoms. The summed E-state index contributed by atoms with van der Waals surface area (Å²) in [4.78, 5) is 14.8. The topological polar surface area (TPSA) is 89.3 Å². The van der Waals surface area contributed by atoms with Crippen LogP contribution in [0.1, 0.15) is 11.4 Å². The smallest absolute Gasteiger partial charge is 0.204 e. The van der Waals surface area contributed by atoms with Crippen LogP contribution < -0.4 is 15.4 Å². The van der Waals surface area contributed by atoms with Crippen molar-refractivity contribution in [1.82, 2.24) is 15.0 Å². The summed E-state index contributed by atoms with van der Waals surface area (Å²) < 4.78 is 11.1. The minimum atomic E-state index is 0.355. The van der Waals surface area contributed by atoms with Crippen LogP contribution in [-0.2, 0) is 17.6 Å². The number of benzene rings is 1. The third-order valence-corrected chi connectivity index (χ3v) is 5.12. The number of hydrogen-bond donors (Lipinski definition) is 2. The van der Waals surface area contributed by atoms with Crippen molar-refractivity contribution in [3.05, 3.63) is 41.9 Å². The minimum absolute atomic E-state index is 0.355. The number of nitrogens with two attached hydrogens (primary N) is 1. The molecule has 0 radical (unpaired) electrons. The highest BCUT2D eigenvalue weighted by atomic mass is 16.5. The first-order chi connectivity index (χ1) is 12.8. The van der Waals surface area contributed by atoms with E-state index >= 15 is 0 Å². The summed E-state index contributed by atoms with van der Waals surface area (Å²) >= 11 is 0. The maximum Gasteiger partial charge on any atom is 0.204 e. The Hall–Kier alpha value is -2.80. The number of ether oxygens (including phenoxy) is 2. The number of aryl methyl sites for hydroxylation is 2. The lowest BCUT2D eigenvalue weighted by Crippen LogP contribution is -2.52. The predicted molar refractivity (Wildman–Crippen MR) is 99.6 cm³/mol. The lowest BCUT2D eigenvalue weighted by Gasteiger charge is -2.40. The van der Waals surface area contributed by atoms with Gasteiger partial charge >= 0.3 is 0 Å². The van der Waals surface area contributed by atoms with Crippen molar-refractivity contribution in [3.63, 3.8) is 0 Å². The standard InChI is InChI=1S/C19H21N5O2/c20-18-17-19(24(7-8-26-17)13-10-25-11-13)23-16(22-18)6-5-12-9-21-15-4-2-1-3-14(12)15/h1-4,9,13,21H,5-8,10-11H2,(H2,20,22,23). The van der Waals surface area contributed by atoms with Crippen molar-refractivity contribution < 1.29 is 9.47 Å². The molecule has 1 saturated heterocycles. The van der Waals surface area contributed by atoms with Gasteiger partial charge in [-0.05, 0) is 18.1 Å². The molecule has 3 N–H and O–H groups in total. The average molecular weight is 351 g/mol. The Labute approximate surface area is 151 Å². The van der Waals surface area contributed by atoms with E-state index < -0.39 is 0 Å². The van der Waals surface area contributed by atoms with Gasteiger partial charge in [0.2, 0.25) is 5.75 Å². The van der Waals surface area contributed by atoms with Gasteiger partial charge in [0, 0.05) is 23.5 Å². The van der Waals surface area contributed by atoms with Gasteiger partial charge in [0.05, 0.1) is 25.8 Å². The van der Waals surface area contributed by atoms with Crippen LogP contribution in [0.25, 0.3) is 10.9 Å². The van der Waals surface area contributed by atoms with Gasteiger partial charge in [0.25, 0.3) is 0 Å². The summed E-state index contributed by atoms with van der Waals surface area (Å²) in [5.41, 5.74) is 8.58. The Bertz CT molecular complexity index is 950. The first-order valence-electron chi connectivity index (χ1n) is 8.98. The summed E-state index contributed by atoms with van der Waals surface area (Å²) in [5.74, 6) is 2.60. The van der Waals surface area contributed by atoms with Crippen LogP contribution in [0.2, 0.25) is 0 Å². The Kier molecular flexibility index (Phi) is 3.67. The van der Waals surface area contributed by atoms with E-state index in [0.29, 0.717) is 24.2 Å². The van der Waals surface area contributed by atoms with E-state index in [1.54, 1.807) is 0 Å². The molecule has 2 aromatic heterocycles. The van der Waals surface area contributed by atoms with Crippen LogP contribution in [-0.4, -0.2) is 47.4 Å². The van der Waals surface area contributed by atoms with Crippen molar-refractivity contribution in [3.8, 4) is 5.75 Å². The van der Waals surface area contributed by atoms with E-state index in [-0.39, 0.29) is 0 Å². The van der Waals surface area contributed by atoms with Crippen LogP contribution in [0.4, 0.5) is 11.6 Å². The van der Waals surface area contributed by atoms with Gasteiger partial charge in [0.1, 0.15) is 12.4 Å². The number of rotatable bonds is 4. The maximum atomic E-state index is 6.16. The molecule has 1 aromatic carbocycles. The first-order valence-corrected chi connectivity index (χ1v) is 8.98. The molecule has 0 atom stereocenters. The van der Waals surface area contributed by atoms with E-state index in [2.05, 4.69) is 39.3 Å². The Morgan fingerprint density at radius 3 is 2.92 bits per heavy atom. The van der Waals surface area contributed by atoms with E-state index in [1.165, 1.54) is 10.9 Å². The van der Waals surface area contributed by atoms with Crippen LogP contribution in [0.15, 0.2) is 30.5 Å². The molecule has 5 rings (SSSR count). The Morgan fingerprint density at radius 2 is 2.08 bits per heavy atom. The molecule has 4 heterocycles. The first kappa shape index (κ1) is 15.5. The molecule has 0 amide bonds. The molecular weight excluding hydrogens is 330 g/mol. The van der Waals surface area contributed by atoms with Gasteiger partial charge in [-0.1, -0.05) is 18.2 Å². The molecule has 7 heteroatoms. The molecule has 1 fully saturated rings. The van der Waals surface area contributed by atoms with Crippen molar-refractivity contribution in [2.75, 3.05) is 37.0 Å². The summed E-state index contributed by atoms with van der Waals surface area (Å²) in [6, 6.07) is 8.67. The van der Waals surface area contributed by atoms with Crippen LogP contribution in [0.5, 0.6) is 5.75 Å². The molecule has 7 nitrogen and oxygen atoms in total. The van der Waals surface area contributed by atoms with Gasteiger partial charge in [-0.25, -0.2) is 9.97 Å². The van der Waals surface area contributed by atoms with Gasteiger partial charge < -0.3 is 25.1 Å². The fourth-order valence-electron chi connectivity index (χ4n) is 3.64. The molecule has 0 unspecified atom stereocenters. The summed E-state index contributed by atoms with van der Waals surface area (Å²) in [6.45, 7) is 2.87. The highest BCUT2D eigenvalue weighted by Gasteiger charge is 2.33. The second-order valence-corrected chi connectivity index (χ2v) is 6.77. The molecule has 0 saturated carbocycles. The minimum Gasteiger partial charge on any atom is -0.485 e. The number of anilines is 2. The van der Waals surface area contributed by atoms with Gasteiger partial charge in [-0.3, -0.25) is 0 Å². The summed E-state index contributed by atoms with van der Waals surface area (Å²) in [5, 5.41) is 1.25. The van der Waals surface area contributed by atoms with Crippen molar-refractivity contribution in [2.24, 2.45) is 0 Å². The van der Waals surface area contributed by atoms with Crippen LogP contribution in [0, 0.1) is 0 Å². The highest BCUT2D eigenvalue weighted by Crippen LogP contribution is 2.36. The number of aromatic nitrogens is 3. The number of hydrogen-bond acceptors (Lipinski definition) is 6. The SMILES string of the molecule is Nc1nc(CCc2c[nH]c3ccccc23)nc2c1OCCN2C1COC1. The number of nitrogen functional groups attached to an aromatic ring is 1. The Morgan fingerprint density at radius 1 is 1.19 bits per heavy atom. The number of nitrogens with zero attached hydrogens (tertiary/aromatic N) is 3. The number of para-hydroxylation sites is 1. The molecule has 2 aliphatic rings. The number of aromatic amines is 1. The van der Waals surface area contributed by atoms with Crippen LogP contribution in [0.3, 0.4) is 0 Å². The highest BCUT2D eigenvalue weighted by molar-refractivity contribution is 5.83. The van der Waals surface area contributed by atoms with Crippen molar-refractivity contribution in [2.45, 2.75) is 18.9 Å². The van der Waals surface area contributed by atoms with Crippen LogP contribution >= 0.6 is 0 Å². The molecule has 2 aliphatic heterocycles. The molecule has 0 aliphatic carbocycles. The second kappa shape index (κ2) is 6.17. The normalized spacial score (nSPS) is 17.0.